The van der Waals surface area contributed by atoms with Crippen LogP contribution in [0.4, 0.5) is 0 Å². The molecule has 0 heterocycles. The molecule has 76 valence electrons. The summed E-state index contributed by atoms with van der Waals surface area (Å²) >= 11 is 0. The quantitative estimate of drug-likeness (QED) is 0.742. The molecule has 1 saturated carbocycles. The standard InChI is InChI=1S/C12H17NO/c13-14-9-8-10-4-6-12(7-5-10)11-2-1-3-11/h4-7,11H,1-3,8-9,13H2. The zero-order chi connectivity index (χ0) is 9.80. The minimum absolute atomic E-state index is 0.600. The lowest BCUT2D eigenvalue weighted by atomic mass is 9.80. The van der Waals surface area contributed by atoms with Gasteiger partial charge in [-0.2, -0.15) is 0 Å². The van der Waals surface area contributed by atoms with Gasteiger partial charge >= 0.3 is 0 Å². The van der Waals surface area contributed by atoms with E-state index in [0.29, 0.717) is 6.61 Å². The van der Waals surface area contributed by atoms with Gasteiger partial charge < -0.3 is 4.84 Å². The van der Waals surface area contributed by atoms with Crippen LogP contribution in [0.3, 0.4) is 0 Å². The van der Waals surface area contributed by atoms with Crippen LogP contribution in [0.1, 0.15) is 36.3 Å². The predicted molar refractivity (Wildman–Crippen MR) is 56.9 cm³/mol. The van der Waals surface area contributed by atoms with Crippen LogP contribution < -0.4 is 5.90 Å². The first-order chi connectivity index (χ1) is 6.90. The van der Waals surface area contributed by atoms with Crippen LogP contribution in [-0.2, 0) is 11.3 Å². The summed E-state index contributed by atoms with van der Waals surface area (Å²) in [4.78, 5) is 4.56. The second-order valence-electron chi connectivity index (χ2n) is 3.99. The van der Waals surface area contributed by atoms with Gasteiger partial charge in [-0.05, 0) is 36.3 Å². The molecular weight excluding hydrogens is 174 g/mol. The van der Waals surface area contributed by atoms with Gasteiger partial charge in [0.2, 0.25) is 0 Å². The maximum atomic E-state index is 4.99. The molecule has 0 amide bonds. The third-order valence-corrected chi connectivity index (χ3v) is 3.06. The van der Waals surface area contributed by atoms with Gasteiger partial charge in [-0.1, -0.05) is 30.7 Å². The number of hydrogen-bond acceptors (Lipinski definition) is 2. The molecule has 1 aromatic rings. The van der Waals surface area contributed by atoms with E-state index in [4.69, 9.17) is 5.90 Å². The van der Waals surface area contributed by atoms with Gasteiger partial charge in [-0.3, -0.25) is 0 Å². The van der Waals surface area contributed by atoms with Crippen molar-refractivity contribution in [3.05, 3.63) is 35.4 Å². The van der Waals surface area contributed by atoms with Crippen LogP contribution >= 0.6 is 0 Å². The van der Waals surface area contributed by atoms with Gasteiger partial charge in [-0.25, -0.2) is 5.90 Å². The fraction of sp³-hybridized carbons (Fsp3) is 0.500. The molecule has 1 aliphatic rings. The monoisotopic (exact) mass is 191 g/mol. The van der Waals surface area contributed by atoms with Crippen molar-refractivity contribution in [2.75, 3.05) is 6.61 Å². The minimum atomic E-state index is 0.600. The summed E-state index contributed by atoms with van der Waals surface area (Å²) < 4.78 is 0. The first-order valence-corrected chi connectivity index (χ1v) is 5.30. The van der Waals surface area contributed by atoms with Crippen LogP contribution in [0, 0.1) is 0 Å². The van der Waals surface area contributed by atoms with Gasteiger partial charge in [0.15, 0.2) is 0 Å². The van der Waals surface area contributed by atoms with E-state index in [1.807, 2.05) is 0 Å². The summed E-state index contributed by atoms with van der Waals surface area (Å²) in [6, 6.07) is 8.87. The Morgan fingerprint density at radius 1 is 1.21 bits per heavy atom. The summed E-state index contributed by atoms with van der Waals surface area (Å²) in [5, 5.41) is 0. The topological polar surface area (TPSA) is 35.2 Å². The first-order valence-electron chi connectivity index (χ1n) is 5.30. The van der Waals surface area contributed by atoms with Gasteiger partial charge in [0.1, 0.15) is 0 Å². The molecule has 0 bridgehead atoms. The molecule has 0 saturated heterocycles. The van der Waals surface area contributed by atoms with Gasteiger partial charge in [-0.15, -0.1) is 0 Å². The fourth-order valence-corrected chi connectivity index (χ4v) is 1.87. The Morgan fingerprint density at radius 3 is 2.43 bits per heavy atom. The van der Waals surface area contributed by atoms with E-state index in [2.05, 4.69) is 29.1 Å². The molecule has 1 aliphatic carbocycles. The Kier molecular flexibility index (Phi) is 3.17. The predicted octanol–water partition coefficient (Wildman–Crippen LogP) is 2.39. The zero-order valence-electron chi connectivity index (χ0n) is 8.41. The van der Waals surface area contributed by atoms with Crippen molar-refractivity contribution >= 4 is 0 Å². The van der Waals surface area contributed by atoms with Crippen molar-refractivity contribution in [2.45, 2.75) is 31.6 Å². The Bertz CT molecular complexity index is 277. The summed E-state index contributed by atoms with van der Waals surface area (Å²) in [6.45, 7) is 0.600. The van der Waals surface area contributed by atoms with E-state index in [1.165, 1.54) is 30.4 Å². The van der Waals surface area contributed by atoms with E-state index >= 15 is 0 Å². The second-order valence-corrected chi connectivity index (χ2v) is 3.99. The molecule has 14 heavy (non-hydrogen) atoms. The summed E-state index contributed by atoms with van der Waals surface area (Å²) in [7, 11) is 0. The van der Waals surface area contributed by atoms with Crippen molar-refractivity contribution in [1.82, 2.24) is 0 Å². The van der Waals surface area contributed by atoms with Crippen molar-refractivity contribution in [3.8, 4) is 0 Å². The number of nitrogens with two attached hydrogens (primary N) is 1. The highest BCUT2D eigenvalue weighted by Crippen LogP contribution is 2.36. The molecule has 0 aliphatic heterocycles. The molecule has 0 radical (unpaired) electrons. The van der Waals surface area contributed by atoms with Crippen molar-refractivity contribution in [2.24, 2.45) is 5.90 Å². The van der Waals surface area contributed by atoms with E-state index in [-0.39, 0.29) is 0 Å². The van der Waals surface area contributed by atoms with Crippen LogP contribution in [0.15, 0.2) is 24.3 Å². The average Bonchev–Trinajstić information content (AvgIpc) is 2.14. The number of hydrogen-bond donors (Lipinski definition) is 1. The molecular formula is C12H17NO. The van der Waals surface area contributed by atoms with Gasteiger partial charge in [0.05, 0.1) is 6.61 Å². The van der Waals surface area contributed by atoms with E-state index in [0.717, 1.165) is 12.3 Å². The molecule has 1 aromatic carbocycles. The highest BCUT2D eigenvalue weighted by Gasteiger charge is 2.18. The van der Waals surface area contributed by atoms with E-state index in [9.17, 15) is 0 Å². The van der Waals surface area contributed by atoms with Crippen LogP contribution in [0.25, 0.3) is 0 Å². The highest BCUT2D eigenvalue weighted by molar-refractivity contribution is 5.26. The summed E-state index contributed by atoms with van der Waals surface area (Å²) in [5.74, 6) is 5.81. The number of benzene rings is 1. The summed E-state index contributed by atoms with van der Waals surface area (Å²) in [5.41, 5.74) is 2.80. The molecule has 0 unspecified atom stereocenters. The Hall–Kier alpha value is -0.860. The lowest BCUT2D eigenvalue weighted by Gasteiger charge is -2.25. The highest BCUT2D eigenvalue weighted by atomic mass is 16.6. The van der Waals surface area contributed by atoms with Crippen molar-refractivity contribution in [1.29, 1.82) is 0 Å². The molecule has 0 aromatic heterocycles. The first kappa shape index (κ1) is 9.69. The third-order valence-electron chi connectivity index (χ3n) is 3.06. The SMILES string of the molecule is NOCCc1ccc(C2CCC2)cc1. The largest absolute Gasteiger partial charge is 0.304 e. The Labute approximate surface area is 85.0 Å². The third kappa shape index (κ3) is 2.14. The maximum Gasteiger partial charge on any atom is 0.0719 e. The maximum absolute atomic E-state index is 4.99. The number of rotatable bonds is 4. The lowest BCUT2D eigenvalue weighted by Crippen LogP contribution is -2.08. The summed E-state index contributed by atoms with van der Waals surface area (Å²) in [6.07, 6.45) is 5.03. The second kappa shape index (κ2) is 4.58. The van der Waals surface area contributed by atoms with Gasteiger partial charge in [0.25, 0.3) is 0 Å². The Balaban J connectivity index is 1.95. The van der Waals surface area contributed by atoms with Crippen molar-refractivity contribution < 1.29 is 4.84 Å². The van der Waals surface area contributed by atoms with Crippen LogP contribution in [-0.4, -0.2) is 6.61 Å². The lowest BCUT2D eigenvalue weighted by molar-refractivity contribution is 0.141. The molecule has 0 atom stereocenters. The van der Waals surface area contributed by atoms with Crippen LogP contribution in [0.2, 0.25) is 0 Å². The Morgan fingerprint density at radius 2 is 1.93 bits per heavy atom. The van der Waals surface area contributed by atoms with Crippen LogP contribution in [0.5, 0.6) is 0 Å². The fourth-order valence-electron chi connectivity index (χ4n) is 1.87. The molecule has 2 heteroatoms. The van der Waals surface area contributed by atoms with Crippen molar-refractivity contribution in [3.63, 3.8) is 0 Å². The molecule has 0 spiro atoms. The average molecular weight is 191 g/mol. The molecule has 2 rings (SSSR count). The normalized spacial score (nSPS) is 16.6. The van der Waals surface area contributed by atoms with E-state index < -0.39 is 0 Å². The zero-order valence-corrected chi connectivity index (χ0v) is 8.41. The minimum Gasteiger partial charge on any atom is -0.304 e. The molecule has 2 N–H and O–H groups in total. The smallest absolute Gasteiger partial charge is 0.0719 e. The van der Waals surface area contributed by atoms with E-state index in [1.54, 1.807) is 0 Å². The molecule has 1 fully saturated rings. The van der Waals surface area contributed by atoms with Gasteiger partial charge in [0, 0.05) is 0 Å². The molecule has 2 nitrogen and oxygen atoms in total.